The SMILES string of the molecule is CCOC(=O)c1nnn(Cc2ccn(C)n2)c1C1CC1. The second-order valence-corrected chi connectivity index (χ2v) is 4.96. The molecule has 0 bridgehead atoms. The topological polar surface area (TPSA) is 74.8 Å². The van der Waals surface area contributed by atoms with Crippen LogP contribution in [0.5, 0.6) is 0 Å². The number of hydrogen-bond acceptors (Lipinski definition) is 5. The van der Waals surface area contributed by atoms with Crippen LogP contribution >= 0.6 is 0 Å². The van der Waals surface area contributed by atoms with Crippen LogP contribution in [0.1, 0.15) is 47.6 Å². The molecule has 1 fully saturated rings. The van der Waals surface area contributed by atoms with E-state index in [-0.39, 0.29) is 5.97 Å². The molecule has 0 unspecified atom stereocenters. The van der Waals surface area contributed by atoms with E-state index in [1.54, 1.807) is 16.3 Å². The van der Waals surface area contributed by atoms with Crippen molar-refractivity contribution in [3.8, 4) is 0 Å². The summed E-state index contributed by atoms with van der Waals surface area (Å²) in [7, 11) is 1.87. The molecule has 2 aromatic rings. The van der Waals surface area contributed by atoms with Crippen molar-refractivity contribution in [2.24, 2.45) is 7.05 Å². The lowest BCUT2D eigenvalue weighted by atomic mass is 10.2. The number of ether oxygens (including phenoxy) is 1. The third-order valence-electron chi connectivity index (χ3n) is 3.29. The summed E-state index contributed by atoms with van der Waals surface area (Å²) >= 11 is 0. The molecule has 0 amide bonds. The summed E-state index contributed by atoms with van der Waals surface area (Å²) in [5, 5.41) is 12.4. The third-order valence-corrected chi connectivity index (χ3v) is 3.29. The van der Waals surface area contributed by atoms with Gasteiger partial charge >= 0.3 is 5.97 Å². The maximum atomic E-state index is 11.9. The lowest BCUT2D eigenvalue weighted by Gasteiger charge is -2.05. The van der Waals surface area contributed by atoms with Gasteiger partial charge in [0.2, 0.25) is 0 Å². The molecule has 0 saturated heterocycles. The van der Waals surface area contributed by atoms with E-state index in [1.807, 2.05) is 19.3 Å². The van der Waals surface area contributed by atoms with Crippen molar-refractivity contribution in [2.45, 2.75) is 32.2 Å². The Balaban J connectivity index is 1.89. The number of carbonyl (C=O) groups is 1. The molecule has 1 aliphatic rings. The van der Waals surface area contributed by atoms with E-state index >= 15 is 0 Å². The average molecular weight is 275 g/mol. The van der Waals surface area contributed by atoms with Gasteiger partial charge in [-0.05, 0) is 25.8 Å². The first-order valence-electron chi connectivity index (χ1n) is 6.78. The van der Waals surface area contributed by atoms with Crippen molar-refractivity contribution in [1.29, 1.82) is 0 Å². The molecule has 2 heterocycles. The van der Waals surface area contributed by atoms with E-state index in [9.17, 15) is 4.79 Å². The van der Waals surface area contributed by atoms with Gasteiger partial charge in [0.05, 0.1) is 24.5 Å². The zero-order chi connectivity index (χ0) is 14.1. The number of hydrogen-bond donors (Lipinski definition) is 0. The van der Waals surface area contributed by atoms with Gasteiger partial charge in [0, 0.05) is 19.2 Å². The lowest BCUT2D eigenvalue weighted by Crippen LogP contribution is -2.11. The summed E-state index contributed by atoms with van der Waals surface area (Å²) in [5.74, 6) is -0.0187. The van der Waals surface area contributed by atoms with E-state index in [2.05, 4.69) is 15.4 Å². The zero-order valence-electron chi connectivity index (χ0n) is 11.6. The van der Waals surface area contributed by atoms with Crippen LogP contribution < -0.4 is 0 Å². The number of nitrogens with zero attached hydrogens (tertiary/aromatic N) is 5. The summed E-state index contributed by atoms with van der Waals surface area (Å²) in [4.78, 5) is 11.9. The molecule has 106 valence electrons. The Hall–Kier alpha value is -2.18. The van der Waals surface area contributed by atoms with Crippen LogP contribution in [0.3, 0.4) is 0 Å². The number of esters is 1. The number of aryl methyl sites for hydroxylation is 1. The fourth-order valence-corrected chi connectivity index (χ4v) is 2.24. The van der Waals surface area contributed by atoms with Crippen molar-refractivity contribution in [3.05, 3.63) is 29.3 Å². The molecule has 0 aliphatic heterocycles. The van der Waals surface area contributed by atoms with Crippen LogP contribution in [0.25, 0.3) is 0 Å². The van der Waals surface area contributed by atoms with Gasteiger partial charge in [-0.3, -0.25) is 4.68 Å². The van der Waals surface area contributed by atoms with Crippen molar-refractivity contribution in [3.63, 3.8) is 0 Å². The molecule has 20 heavy (non-hydrogen) atoms. The predicted octanol–water partition coefficient (Wildman–Crippen LogP) is 1.11. The van der Waals surface area contributed by atoms with Gasteiger partial charge in [0.15, 0.2) is 5.69 Å². The van der Waals surface area contributed by atoms with Gasteiger partial charge < -0.3 is 4.74 Å². The van der Waals surface area contributed by atoms with Gasteiger partial charge in [-0.2, -0.15) is 5.10 Å². The summed E-state index contributed by atoms with van der Waals surface area (Å²) in [6.45, 7) is 2.65. The van der Waals surface area contributed by atoms with E-state index < -0.39 is 0 Å². The molecule has 0 spiro atoms. The first-order chi connectivity index (χ1) is 9.69. The fourth-order valence-electron chi connectivity index (χ4n) is 2.24. The quantitative estimate of drug-likeness (QED) is 0.764. The molecule has 0 N–H and O–H groups in total. The normalized spacial score (nSPS) is 14.5. The number of rotatable bonds is 5. The monoisotopic (exact) mass is 275 g/mol. The maximum absolute atomic E-state index is 11.9. The van der Waals surface area contributed by atoms with Gasteiger partial charge in [-0.15, -0.1) is 5.10 Å². The van der Waals surface area contributed by atoms with Crippen molar-refractivity contribution >= 4 is 5.97 Å². The molecule has 1 aliphatic carbocycles. The largest absolute Gasteiger partial charge is 0.461 e. The standard InChI is InChI=1S/C13H17N5O2/c1-3-20-13(19)11-12(9-4-5-9)18(16-14-11)8-10-6-7-17(2)15-10/h6-7,9H,3-5,8H2,1-2H3. The molecule has 7 nitrogen and oxygen atoms in total. The minimum atomic E-state index is -0.387. The number of aromatic nitrogens is 5. The Morgan fingerprint density at radius 3 is 2.90 bits per heavy atom. The van der Waals surface area contributed by atoms with Gasteiger partial charge in [0.1, 0.15) is 0 Å². The van der Waals surface area contributed by atoms with Crippen LogP contribution in [-0.4, -0.2) is 37.4 Å². The van der Waals surface area contributed by atoms with Crippen molar-refractivity contribution in [1.82, 2.24) is 24.8 Å². The van der Waals surface area contributed by atoms with Crippen LogP contribution in [0, 0.1) is 0 Å². The highest BCUT2D eigenvalue weighted by molar-refractivity contribution is 5.88. The molecule has 0 aromatic carbocycles. The molecule has 3 rings (SSSR count). The van der Waals surface area contributed by atoms with Crippen molar-refractivity contribution < 1.29 is 9.53 Å². The van der Waals surface area contributed by atoms with E-state index in [1.165, 1.54) is 0 Å². The highest BCUT2D eigenvalue weighted by Gasteiger charge is 2.34. The highest BCUT2D eigenvalue weighted by atomic mass is 16.5. The zero-order valence-corrected chi connectivity index (χ0v) is 11.6. The fraction of sp³-hybridized carbons (Fsp3) is 0.538. The summed E-state index contributed by atoms with van der Waals surface area (Å²) in [5.41, 5.74) is 2.13. The third kappa shape index (κ3) is 2.43. The highest BCUT2D eigenvalue weighted by Crippen LogP contribution is 2.41. The Kier molecular flexibility index (Phi) is 3.25. The molecule has 0 atom stereocenters. The minimum Gasteiger partial charge on any atom is -0.461 e. The Bertz CT molecular complexity index is 626. The second-order valence-electron chi connectivity index (χ2n) is 4.96. The summed E-state index contributed by atoms with van der Waals surface area (Å²) in [6, 6.07) is 1.93. The summed E-state index contributed by atoms with van der Waals surface area (Å²) in [6.07, 6.45) is 4.03. The maximum Gasteiger partial charge on any atom is 0.360 e. The van der Waals surface area contributed by atoms with Crippen LogP contribution in [0.2, 0.25) is 0 Å². The van der Waals surface area contributed by atoms with Gasteiger partial charge in [0.25, 0.3) is 0 Å². The van der Waals surface area contributed by atoms with E-state index in [0.29, 0.717) is 24.8 Å². The Labute approximate surface area is 116 Å². The average Bonchev–Trinajstić information content (AvgIpc) is 3.05. The lowest BCUT2D eigenvalue weighted by molar-refractivity contribution is 0.0518. The molecule has 1 saturated carbocycles. The van der Waals surface area contributed by atoms with E-state index in [0.717, 1.165) is 24.2 Å². The minimum absolute atomic E-state index is 0.343. The van der Waals surface area contributed by atoms with Crippen LogP contribution in [0.15, 0.2) is 12.3 Å². The predicted molar refractivity (Wildman–Crippen MR) is 70.3 cm³/mol. The first kappa shape index (κ1) is 12.8. The molecule has 0 radical (unpaired) electrons. The molecule has 7 heteroatoms. The first-order valence-corrected chi connectivity index (χ1v) is 6.78. The smallest absolute Gasteiger partial charge is 0.360 e. The van der Waals surface area contributed by atoms with Crippen molar-refractivity contribution in [2.75, 3.05) is 6.61 Å². The summed E-state index contributed by atoms with van der Waals surface area (Å²) < 4.78 is 8.56. The molecular weight excluding hydrogens is 258 g/mol. The van der Waals surface area contributed by atoms with E-state index in [4.69, 9.17) is 4.74 Å². The Morgan fingerprint density at radius 1 is 1.50 bits per heavy atom. The molecular formula is C13H17N5O2. The van der Waals surface area contributed by atoms with Crippen LogP contribution in [-0.2, 0) is 18.3 Å². The second kappa shape index (κ2) is 5.07. The van der Waals surface area contributed by atoms with Gasteiger partial charge in [-0.1, -0.05) is 5.21 Å². The number of carbonyl (C=O) groups excluding carboxylic acids is 1. The molecule has 2 aromatic heterocycles. The Morgan fingerprint density at radius 2 is 2.30 bits per heavy atom. The van der Waals surface area contributed by atoms with Gasteiger partial charge in [-0.25, -0.2) is 9.48 Å². The van der Waals surface area contributed by atoms with Crippen LogP contribution in [0.4, 0.5) is 0 Å².